The van der Waals surface area contributed by atoms with E-state index in [1.807, 2.05) is 31.2 Å². The van der Waals surface area contributed by atoms with Crippen molar-refractivity contribution in [3.63, 3.8) is 0 Å². The van der Waals surface area contributed by atoms with Gasteiger partial charge in [0.05, 0.1) is 16.8 Å². The molecule has 4 nitrogen and oxygen atoms in total. The van der Waals surface area contributed by atoms with Crippen LogP contribution in [0, 0.1) is 13.8 Å². The normalized spacial score (nSPS) is 16.1. The lowest BCUT2D eigenvalue weighted by Gasteiger charge is -2.30. The second-order valence-corrected chi connectivity index (χ2v) is 8.65. The number of rotatable bonds is 3. The van der Waals surface area contributed by atoms with Gasteiger partial charge >= 0.3 is 0 Å². The SMILES string of the molecule is Cc1ccc(-c2cc(N3CCCCC3)cc(N3C(=O)c4ccc(C)cc4C3=O)c2)cc1. The van der Waals surface area contributed by atoms with E-state index in [0.29, 0.717) is 16.8 Å². The molecule has 0 aliphatic carbocycles. The molecular weight excluding hydrogens is 384 g/mol. The van der Waals surface area contributed by atoms with Gasteiger partial charge in [0.15, 0.2) is 0 Å². The van der Waals surface area contributed by atoms with E-state index >= 15 is 0 Å². The summed E-state index contributed by atoms with van der Waals surface area (Å²) in [6, 6.07) is 20.0. The van der Waals surface area contributed by atoms with E-state index in [0.717, 1.165) is 48.3 Å². The zero-order chi connectivity index (χ0) is 21.5. The molecule has 0 spiro atoms. The number of fused-ring (bicyclic) bond motifs is 1. The summed E-state index contributed by atoms with van der Waals surface area (Å²) in [5, 5.41) is 0. The van der Waals surface area contributed by atoms with Crippen LogP contribution in [-0.2, 0) is 0 Å². The van der Waals surface area contributed by atoms with Crippen molar-refractivity contribution in [3.8, 4) is 11.1 Å². The van der Waals surface area contributed by atoms with Crippen molar-refractivity contribution in [2.75, 3.05) is 22.9 Å². The van der Waals surface area contributed by atoms with Crippen LogP contribution in [0.15, 0.2) is 60.7 Å². The molecule has 1 fully saturated rings. The molecule has 2 heterocycles. The average molecular weight is 411 g/mol. The molecule has 2 aliphatic heterocycles. The second-order valence-electron chi connectivity index (χ2n) is 8.65. The molecule has 0 bridgehead atoms. The topological polar surface area (TPSA) is 40.6 Å². The van der Waals surface area contributed by atoms with Gasteiger partial charge in [0.2, 0.25) is 0 Å². The Bertz CT molecular complexity index is 1170. The minimum absolute atomic E-state index is 0.241. The van der Waals surface area contributed by atoms with Gasteiger partial charge in [-0.05, 0) is 74.6 Å². The standard InChI is InChI=1S/C27H26N2O2/c1-18-6-9-20(10-7-18)21-15-22(28-12-4-3-5-13-28)17-23(16-21)29-26(30)24-11-8-19(2)14-25(24)27(29)31/h6-11,14-17H,3-5,12-13H2,1-2H3. The third-order valence-electron chi connectivity index (χ3n) is 6.31. The summed E-state index contributed by atoms with van der Waals surface area (Å²) in [5.74, 6) is -0.486. The fourth-order valence-corrected chi connectivity index (χ4v) is 4.56. The fraction of sp³-hybridized carbons (Fsp3) is 0.259. The largest absolute Gasteiger partial charge is 0.371 e. The van der Waals surface area contributed by atoms with Crippen molar-refractivity contribution in [1.82, 2.24) is 0 Å². The minimum atomic E-state index is -0.245. The number of imide groups is 1. The van der Waals surface area contributed by atoms with E-state index in [4.69, 9.17) is 0 Å². The molecule has 4 heteroatoms. The Hall–Kier alpha value is -3.40. The first-order chi connectivity index (χ1) is 15.0. The highest BCUT2D eigenvalue weighted by Gasteiger charge is 2.37. The average Bonchev–Trinajstić information content (AvgIpc) is 3.04. The molecule has 0 aromatic heterocycles. The summed E-state index contributed by atoms with van der Waals surface area (Å²) in [5.41, 5.74) is 6.96. The number of nitrogens with zero attached hydrogens (tertiary/aromatic N) is 2. The first-order valence-corrected chi connectivity index (χ1v) is 11.0. The molecule has 31 heavy (non-hydrogen) atoms. The summed E-state index contributed by atoms with van der Waals surface area (Å²) in [7, 11) is 0. The maximum absolute atomic E-state index is 13.2. The summed E-state index contributed by atoms with van der Waals surface area (Å²) < 4.78 is 0. The maximum atomic E-state index is 13.2. The Kier molecular flexibility index (Phi) is 4.85. The number of anilines is 2. The fourth-order valence-electron chi connectivity index (χ4n) is 4.56. The highest BCUT2D eigenvalue weighted by molar-refractivity contribution is 6.34. The first-order valence-electron chi connectivity index (χ1n) is 11.0. The number of hydrogen-bond donors (Lipinski definition) is 0. The predicted molar refractivity (Wildman–Crippen MR) is 125 cm³/mol. The van der Waals surface area contributed by atoms with Gasteiger partial charge in [-0.25, -0.2) is 4.90 Å². The molecule has 3 aromatic carbocycles. The van der Waals surface area contributed by atoms with Crippen LogP contribution in [0.1, 0.15) is 51.1 Å². The Morgan fingerprint density at radius 3 is 2.00 bits per heavy atom. The van der Waals surface area contributed by atoms with Gasteiger partial charge in [0.25, 0.3) is 11.8 Å². The Labute approximate surface area is 183 Å². The Morgan fingerprint density at radius 2 is 1.26 bits per heavy atom. The van der Waals surface area contributed by atoms with Gasteiger partial charge in [-0.2, -0.15) is 0 Å². The molecule has 2 aliphatic rings. The molecule has 0 radical (unpaired) electrons. The molecule has 2 amide bonds. The number of aryl methyl sites for hydroxylation is 2. The summed E-state index contributed by atoms with van der Waals surface area (Å²) >= 11 is 0. The molecule has 1 saturated heterocycles. The molecule has 0 atom stereocenters. The van der Waals surface area contributed by atoms with Crippen LogP contribution in [0.4, 0.5) is 11.4 Å². The van der Waals surface area contributed by atoms with Crippen LogP contribution in [0.25, 0.3) is 11.1 Å². The zero-order valence-corrected chi connectivity index (χ0v) is 18.0. The maximum Gasteiger partial charge on any atom is 0.266 e. The van der Waals surface area contributed by atoms with Crippen LogP contribution in [0.3, 0.4) is 0 Å². The van der Waals surface area contributed by atoms with Crippen molar-refractivity contribution in [2.45, 2.75) is 33.1 Å². The zero-order valence-electron chi connectivity index (χ0n) is 18.0. The van der Waals surface area contributed by atoms with Gasteiger partial charge in [-0.1, -0.05) is 41.5 Å². The molecule has 5 rings (SSSR count). The molecule has 0 N–H and O–H groups in total. The van der Waals surface area contributed by atoms with Crippen LogP contribution in [0.2, 0.25) is 0 Å². The number of carbonyl (C=O) groups is 2. The lowest BCUT2D eigenvalue weighted by Crippen LogP contribution is -2.31. The summed E-state index contributed by atoms with van der Waals surface area (Å²) in [6.45, 7) is 6.00. The van der Waals surface area contributed by atoms with E-state index in [-0.39, 0.29) is 11.8 Å². The van der Waals surface area contributed by atoms with Crippen LogP contribution >= 0.6 is 0 Å². The highest BCUT2D eigenvalue weighted by atomic mass is 16.2. The second kappa shape index (κ2) is 7.69. The number of amides is 2. The Balaban J connectivity index is 1.62. The van der Waals surface area contributed by atoms with Gasteiger partial charge in [-0.15, -0.1) is 0 Å². The van der Waals surface area contributed by atoms with E-state index in [2.05, 4.69) is 42.2 Å². The number of piperidine rings is 1. The highest BCUT2D eigenvalue weighted by Crippen LogP contribution is 2.36. The minimum Gasteiger partial charge on any atom is -0.371 e. The van der Waals surface area contributed by atoms with Gasteiger partial charge in [-0.3, -0.25) is 9.59 Å². The van der Waals surface area contributed by atoms with Crippen molar-refractivity contribution in [3.05, 3.63) is 82.9 Å². The summed E-state index contributed by atoms with van der Waals surface area (Å²) in [6.07, 6.45) is 3.57. The lowest BCUT2D eigenvalue weighted by molar-refractivity contribution is 0.0926. The lowest BCUT2D eigenvalue weighted by atomic mass is 10.0. The predicted octanol–water partition coefficient (Wildman–Crippen LogP) is 5.76. The van der Waals surface area contributed by atoms with E-state index < -0.39 is 0 Å². The molecule has 0 unspecified atom stereocenters. The van der Waals surface area contributed by atoms with Crippen LogP contribution in [-0.4, -0.2) is 24.9 Å². The van der Waals surface area contributed by atoms with E-state index in [9.17, 15) is 9.59 Å². The van der Waals surface area contributed by atoms with Crippen molar-refractivity contribution in [2.24, 2.45) is 0 Å². The number of benzene rings is 3. The van der Waals surface area contributed by atoms with Crippen molar-refractivity contribution >= 4 is 23.2 Å². The molecule has 156 valence electrons. The van der Waals surface area contributed by atoms with E-state index in [1.165, 1.54) is 16.9 Å². The third-order valence-corrected chi connectivity index (χ3v) is 6.31. The van der Waals surface area contributed by atoms with Gasteiger partial charge < -0.3 is 4.90 Å². The first kappa shape index (κ1) is 19.6. The van der Waals surface area contributed by atoms with Gasteiger partial charge in [0.1, 0.15) is 0 Å². The van der Waals surface area contributed by atoms with Crippen molar-refractivity contribution < 1.29 is 9.59 Å². The number of hydrogen-bond acceptors (Lipinski definition) is 3. The monoisotopic (exact) mass is 410 g/mol. The van der Waals surface area contributed by atoms with Crippen LogP contribution in [0.5, 0.6) is 0 Å². The van der Waals surface area contributed by atoms with Crippen molar-refractivity contribution in [1.29, 1.82) is 0 Å². The number of carbonyl (C=O) groups excluding carboxylic acids is 2. The summed E-state index contributed by atoms with van der Waals surface area (Å²) in [4.78, 5) is 30.1. The van der Waals surface area contributed by atoms with E-state index in [1.54, 1.807) is 6.07 Å². The smallest absolute Gasteiger partial charge is 0.266 e. The molecule has 3 aromatic rings. The third kappa shape index (κ3) is 3.52. The molecule has 0 saturated carbocycles. The van der Waals surface area contributed by atoms with Crippen LogP contribution < -0.4 is 9.80 Å². The molecular formula is C27H26N2O2. The Morgan fingerprint density at radius 1 is 0.613 bits per heavy atom. The quantitative estimate of drug-likeness (QED) is 0.515. The van der Waals surface area contributed by atoms with Gasteiger partial charge in [0, 0.05) is 18.8 Å².